The van der Waals surface area contributed by atoms with Crippen molar-refractivity contribution in [3.8, 4) is 0 Å². The second-order valence-corrected chi connectivity index (χ2v) is 5.61. The average molecular weight is 240 g/mol. The number of nitrogens with two attached hydrogens (primary N) is 1. The Morgan fingerprint density at radius 2 is 2.25 bits per heavy atom. The summed E-state index contributed by atoms with van der Waals surface area (Å²) in [5, 5.41) is 9.57. The maximum Gasteiger partial charge on any atom is 0.203 e. The van der Waals surface area contributed by atoms with Crippen LogP contribution in [0.25, 0.3) is 0 Å². The van der Waals surface area contributed by atoms with Crippen molar-refractivity contribution in [2.45, 2.75) is 39.2 Å². The predicted molar refractivity (Wildman–Crippen MR) is 67.2 cm³/mol. The van der Waals surface area contributed by atoms with Crippen molar-refractivity contribution in [3.05, 3.63) is 5.01 Å². The van der Waals surface area contributed by atoms with Crippen LogP contribution in [0, 0.1) is 5.92 Å². The third kappa shape index (κ3) is 3.15. The van der Waals surface area contributed by atoms with Gasteiger partial charge in [0.05, 0.1) is 6.54 Å². The first-order valence-corrected chi connectivity index (χ1v) is 6.89. The first kappa shape index (κ1) is 11.8. The van der Waals surface area contributed by atoms with E-state index >= 15 is 0 Å². The maximum atomic E-state index is 5.58. The number of hydrogen-bond donors (Lipinski definition) is 1. The number of likely N-dealkylation sites (tertiary alicyclic amines) is 1. The first-order chi connectivity index (χ1) is 7.78. The third-order valence-corrected chi connectivity index (χ3v) is 4.10. The molecule has 1 atom stereocenters. The minimum Gasteiger partial charge on any atom is -0.374 e. The van der Waals surface area contributed by atoms with Crippen molar-refractivity contribution >= 4 is 16.5 Å². The van der Waals surface area contributed by atoms with Crippen LogP contribution in [0.1, 0.15) is 37.6 Å². The van der Waals surface area contributed by atoms with Gasteiger partial charge in [-0.15, -0.1) is 10.2 Å². The Labute approximate surface area is 101 Å². The summed E-state index contributed by atoms with van der Waals surface area (Å²) in [6.45, 7) is 5.60. The van der Waals surface area contributed by atoms with E-state index in [0.29, 0.717) is 5.13 Å². The van der Waals surface area contributed by atoms with Gasteiger partial charge >= 0.3 is 0 Å². The second-order valence-electron chi connectivity index (χ2n) is 4.52. The molecule has 0 aliphatic carbocycles. The molecule has 1 unspecified atom stereocenters. The number of hydrogen-bond acceptors (Lipinski definition) is 5. The summed E-state index contributed by atoms with van der Waals surface area (Å²) in [4.78, 5) is 2.48. The zero-order valence-electron chi connectivity index (χ0n) is 9.85. The van der Waals surface area contributed by atoms with Gasteiger partial charge < -0.3 is 5.73 Å². The Balaban J connectivity index is 1.86. The zero-order valence-corrected chi connectivity index (χ0v) is 10.7. The summed E-state index contributed by atoms with van der Waals surface area (Å²) in [5.41, 5.74) is 5.58. The summed E-state index contributed by atoms with van der Waals surface area (Å²) in [7, 11) is 0. The van der Waals surface area contributed by atoms with Crippen molar-refractivity contribution in [3.63, 3.8) is 0 Å². The van der Waals surface area contributed by atoms with Gasteiger partial charge in [-0.25, -0.2) is 0 Å². The quantitative estimate of drug-likeness (QED) is 0.879. The topological polar surface area (TPSA) is 55.0 Å². The van der Waals surface area contributed by atoms with Crippen LogP contribution in [0.4, 0.5) is 5.13 Å². The van der Waals surface area contributed by atoms with Gasteiger partial charge in [-0.2, -0.15) is 0 Å². The van der Waals surface area contributed by atoms with Gasteiger partial charge in [0.2, 0.25) is 5.13 Å². The molecule has 0 spiro atoms. The molecule has 1 saturated heterocycles. The highest BCUT2D eigenvalue weighted by molar-refractivity contribution is 7.15. The lowest BCUT2D eigenvalue weighted by molar-refractivity contribution is 0.271. The largest absolute Gasteiger partial charge is 0.374 e. The summed E-state index contributed by atoms with van der Waals surface area (Å²) in [6.07, 6.45) is 5.34. The Kier molecular flexibility index (Phi) is 4.12. The standard InChI is InChI=1S/C11H20N4S/c1-2-9-4-3-6-15(7-5-9)8-10-13-14-11(12)16-10/h9H,2-8H2,1H3,(H2,12,14). The summed E-state index contributed by atoms with van der Waals surface area (Å²) in [5.74, 6) is 0.921. The number of nitrogens with zero attached hydrogens (tertiary/aromatic N) is 3. The molecule has 0 radical (unpaired) electrons. The smallest absolute Gasteiger partial charge is 0.203 e. The number of anilines is 1. The highest BCUT2D eigenvalue weighted by atomic mass is 32.1. The van der Waals surface area contributed by atoms with Crippen LogP contribution in [0.2, 0.25) is 0 Å². The van der Waals surface area contributed by atoms with E-state index in [-0.39, 0.29) is 0 Å². The van der Waals surface area contributed by atoms with Crippen molar-refractivity contribution in [2.75, 3.05) is 18.8 Å². The van der Waals surface area contributed by atoms with E-state index in [1.165, 1.54) is 50.1 Å². The molecule has 0 bridgehead atoms. The fourth-order valence-electron chi connectivity index (χ4n) is 2.31. The van der Waals surface area contributed by atoms with Crippen LogP contribution in [-0.4, -0.2) is 28.2 Å². The summed E-state index contributed by atoms with van der Waals surface area (Å²) in [6, 6.07) is 0. The lowest BCUT2D eigenvalue weighted by atomic mass is 9.98. The lowest BCUT2D eigenvalue weighted by Crippen LogP contribution is -2.24. The van der Waals surface area contributed by atoms with Gasteiger partial charge in [-0.05, 0) is 38.3 Å². The number of nitrogen functional groups attached to an aromatic ring is 1. The minimum absolute atomic E-state index is 0.580. The van der Waals surface area contributed by atoms with Gasteiger partial charge in [-0.3, -0.25) is 4.90 Å². The molecule has 1 aliphatic rings. The molecule has 2 heterocycles. The molecule has 1 aromatic rings. The lowest BCUT2D eigenvalue weighted by Gasteiger charge is -2.18. The highest BCUT2D eigenvalue weighted by Crippen LogP contribution is 2.22. The molecule has 4 nitrogen and oxygen atoms in total. The van der Waals surface area contributed by atoms with Gasteiger partial charge in [0.15, 0.2) is 0 Å². The molecule has 0 saturated carbocycles. The average Bonchev–Trinajstić information content (AvgIpc) is 2.55. The van der Waals surface area contributed by atoms with E-state index in [9.17, 15) is 0 Å². The van der Waals surface area contributed by atoms with E-state index in [2.05, 4.69) is 22.0 Å². The van der Waals surface area contributed by atoms with E-state index in [4.69, 9.17) is 5.73 Å². The van der Waals surface area contributed by atoms with Gasteiger partial charge in [0, 0.05) is 0 Å². The monoisotopic (exact) mass is 240 g/mol. The number of aromatic nitrogens is 2. The molecule has 1 aromatic heterocycles. The van der Waals surface area contributed by atoms with Crippen molar-refractivity contribution < 1.29 is 0 Å². The van der Waals surface area contributed by atoms with E-state index < -0.39 is 0 Å². The molecule has 1 aliphatic heterocycles. The Morgan fingerprint density at radius 1 is 1.38 bits per heavy atom. The van der Waals surface area contributed by atoms with Gasteiger partial charge in [0.25, 0.3) is 0 Å². The molecule has 5 heteroatoms. The van der Waals surface area contributed by atoms with Crippen LogP contribution in [-0.2, 0) is 6.54 Å². The maximum absolute atomic E-state index is 5.58. The Bertz CT molecular complexity index is 326. The van der Waals surface area contributed by atoms with Crippen LogP contribution in [0.15, 0.2) is 0 Å². The van der Waals surface area contributed by atoms with Gasteiger partial charge in [-0.1, -0.05) is 24.7 Å². The Morgan fingerprint density at radius 3 is 2.94 bits per heavy atom. The molecule has 2 rings (SSSR count). The first-order valence-electron chi connectivity index (χ1n) is 6.08. The van der Waals surface area contributed by atoms with Crippen molar-refractivity contribution in [1.29, 1.82) is 0 Å². The number of rotatable bonds is 3. The highest BCUT2D eigenvalue weighted by Gasteiger charge is 2.16. The third-order valence-electron chi connectivity index (χ3n) is 3.36. The van der Waals surface area contributed by atoms with E-state index in [1.54, 1.807) is 0 Å². The van der Waals surface area contributed by atoms with Crippen molar-refractivity contribution in [2.24, 2.45) is 5.92 Å². The Hall–Kier alpha value is -0.680. The molecule has 90 valence electrons. The van der Waals surface area contributed by atoms with Gasteiger partial charge in [0.1, 0.15) is 5.01 Å². The van der Waals surface area contributed by atoms with E-state index in [1.807, 2.05) is 0 Å². The summed E-state index contributed by atoms with van der Waals surface area (Å²) < 4.78 is 0. The van der Waals surface area contributed by atoms with Crippen LogP contribution >= 0.6 is 11.3 Å². The van der Waals surface area contributed by atoms with Crippen LogP contribution in [0.3, 0.4) is 0 Å². The molecular formula is C11H20N4S. The fourth-order valence-corrected chi connectivity index (χ4v) is 2.96. The van der Waals surface area contributed by atoms with Crippen molar-refractivity contribution in [1.82, 2.24) is 15.1 Å². The SMILES string of the molecule is CCC1CCCN(Cc2nnc(N)s2)CC1. The molecule has 1 fully saturated rings. The zero-order chi connectivity index (χ0) is 11.4. The molecule has 0 amide bonds. The fraction of sp³-hybridized carbons (Fsp3) is 0.818. The molecule has 0 aromatic carbocycles. The normalized spacial score (nSPS) is 23.2. The second kappa shape index (κ2) is 5.59. The van der Waals surface area contributed by atoms with Crippen LogP contribution < -0.4 is 5.73 Å². The molecular weight excluding hydrogens is 220 g/mol. The minimum atomic E-state index is 0.580. The molecule has 2 N–H and O–H groups in total. The molecule has 16 heavy (non-hydrogen) atoms. The summed E-state index contributed by atoms with van der Waals surface area (Å²) >= 11 is 1.51. The predicted octanol–water partition coefficient (Wildman–Crippen LogP) is 2.13. The van der Waals surface area contributed by atoms with E-state index in [0.717, 1.165) is 17.5 Å². The van der Waals surface area contributed by atoms with Crippen LogP contribution in [0.5, 0.6) is 0 Å².